The number of nitrogens with two attached hydrogens (primary N) is 1. The molecule has 1 fully saturated rings. The largest absolute Gasteiger partial charge is 0.383 e. The zero-order chi connectivity index (χ0) is 12.8. The van der Waals surface area contributed by atoms with Crippen molar-refractivity contribution in [3.63, 3.8) is 0 Å². The molecule has 1 unspecified atom stereocenters. The number of ether oxygens (including phenoxy) is 1. The van der Waals surface area contributed by atoms with E-state index in [-0.39, 0.29) is 6.04 Å². The van der Waals surface area contributed by atoms with Crippen molar-refractivity contribution in [3.8, 4) is 0 Å². The minimum atomic E-state index is 0.120. The molecule has 1 aliphatic carbocycles. The van der Waals surface area contributed by atoms with Crippen molar-refractivity contribution in [1.82, 2.24) is 9.78 Å². The Morgan fingerprint density at radius 1 is 1.44 bits per heavy atom. The quantitative estimate of drug-likeness (QED) is 0.844. The van der Waals surface area contributed by atoms with Gasteiger partial charge in [0.1, 0.15) is 0 Å². The van der Waals surface area contributed by atoms with E-state index in [0.717, 1.165) is 18.5 Å². The first-order chi connectivity index (χ1) is 8.79. The first-order valence-corrected chi connectivity index (χ1v) is 7.08. The second-order valence-corrected chi connectivity index (χ2v) is 5.33. The fourth-order valence-corrected chi connectivity index (χ4v) is 2.69. The maximum atomic E-state index is 5.92. The zero-order valence-electron chi connectivity index (χ0n) is 11.3. The van der Waals surface area contributed by atoms with Crippen molar-refractivity contribution in [1.29, 1.82) is 0 Å². The lowest BCUT2D eigenvalue weighted by atomic mass is 9.96. The van der Waals surface area contributed by atoms with Gasteiger partial charge in [-0.25, -0.2) is 0 Å². The molecule has 18 heavy (non-hydrogen) atoms. The highest BCUT2D eigenvalue weighted by molar-refractivity contribution is 5.00. The fourth-order valence-electron chi connectivity index (χ4n) is 2.69. The van der Waals surface area contributed by atoms with E-state index in [1.54, 1.807) is 7.11 Å². The molecule has 0 aliphatic heterocycles. The third-order valence-electron chi connectivity index (χ3n) is 3.76. The number of aromatic nitrogens is 2. The summed E-state index contributed by atoms with van der Waals surface area (Å²) in [5, 5.41) is 4.69. The molecule has 0 saturated heterocycles. The molecule has 0 spiro atoms. The van der Waals surface area contributed by atoms with E-state index < -0.39 is 0 Å². The average Bonchev–Trinajstić information content (AvgIpc) is 2.87. The van der Waals surface area contributed by atoms with Gasteiger partial charge in [0.05, 0.1) is 18.3 Å². The number of hydrogen-bond acceptors (Lipinski definition) is 3. The van der Waals surface area contributed by atoms with Gasteiger partial charge in [-0.1, -0.05) is 19.3 Å². The topological polar surface area (TPSA) is 53.1 Å². The molecule has 0 aromatic carbocycles. The van der Waals surface area contributed by atoms with Gasteiger partial charge in [0.2, 0.25) is 0 Å². The Labute approximate surface area is 110 Å². The van der Waals surface area contributed by atoms with Crippen LogP contribution in [-0.2, 0) is 11.2 Å². The monoisotopic (exact) mass is 251 g/mol. The van der Waals surface area contributed by atoms with Gasteiger partial charge in [-0.15, -0.1) is 0 Å². The van der Waals surface area contributed by atoms with Crippen LogP contribution in [0.15, 0.2) is 12.3 Å². The summed E-state index contributed by atoms with van der Waals surface area (Å²) in [4.78, 5) is 0. The van der Waals surface area contributed by atoms with Crippen LogP contribution >= 0.6 is 0 Å². The molecule has 1 aliphatic rings. The SMILES string of the molecule is COCC(N)CCc1ccn(C2CCCCC2)n1. The molecule has 1 saturated carbocycles. The van der Waals surface area contributed by atoms with E-state index in [9.17, 15) is 0 Å². The highest BCUT2D eigenvalue weighted by atomic mass is 16.5. The minimum Gasteiger partial charge on any atom is -0.383 e. The van der Waals surface area contributed by atoms with Gasteiger partial charge in [-0.2, -0.15) is 5.10 Å². The molecule has 0 radical (unpaired) electrons. The Kier molecular flexibility index (Phi) is 5.20. The molecule has 1 aromatic rings. The van der Waals surface area contributed by atoms with E-state index in [1.807, 2.05) is 0 Å². The first-order valence-electron chi connectivity index (χ1n) is 7.08. The van der Waals surface area contributed by atoms with Crippen LogP contribution < -0.4 is 5.73 Å². The molecule has 1 heterocycles. The predicted molar refractivity (Wildman–Crippen MR) is 72.5 cm³/mol. The number of rotatable bonds is 6. The van der Waals surface area contributed by atoms with E-state index in [0.29, 0.717) is 12.6 Å². The summed E-state index contributed by atoms with van der Waals surface area (Å²) in [6, 6.07) is 2.88. The number of methoxy groups -OCH3 is 1. The molecule has 102 valence electrons. The Bertz CT molecular complexity index is 345. The predicted octanol–water partition coefficient (Wildman–Crippen LogP) is 2.29. The minimum absolute atomic E-state index is 0.120. The van der Waals surface area contributed by atoms with Crippen LogP contribution in [0.2, 0.25) is 0 Å². The summed E-state index contributed by atoms with van der Waals surface area (Å²) in [5.74, 6) is 0. The summed E-state index contributed by atoms with van der Waals surface area (Å²) < 4.78 is 7.20. The zero-order valence-corrected chi connectivity index (χ0v) is 11.3. The molecule has 2 rings (SSSR count). The van der Waals surface area contributed by atoms with E-state index in [2.05, 4.69) is 22.0 Å². The van der Waals surface area contributed by atoms with Crippen molar-refractivity contribution < 1.29 is 4.74 Å². The third kappa shape index (κ3) is 3.82. The Morgan fingerprint density at radius 3 is 2.94 bits per heavy atom. The normalized spacial score (nSPS) is 19.0. The lowest BCUT2D eigenvalue weighted by Gasteiger charge is -2.21. The van der Waals surface area contributed by atoms with Gasteiger partial charge in [0.25, 0.3) is 0 Å². The molecule has 2 N–H and O–H groups in total. The van der Waals surface area contributed by atoms with Crippen LogP contribution in [0.4, 0.5) is 0 Å². The Morgan fingerprint density at radius 2 is 2.22 bits per heavy atom. The second kappa shape index (κ2) is 6.90. The molecule has 0 bridgehead atoms. The lowest BCUT2D eigenvalue weighted by molar-refractivity contribution is 0.177. The summed E-state index contributed by atoms with van der Waals surface area (Å²) >= 11 is 0. The maximum Gasteiger partial charge on any atom is 0.0625 e. The van der Waals surface area contributed by atoms with Gasteiger partial charge >= 0.3 is 0 Å². The summed E-state index contributed by atoms with van der Waals surface area (Å²) in [5.41, 5.74) is 7.08. The van der Waals surface area contributed by atoms with Gasteiger partial charge < -0.3 is 10.5 Å². The molecule has 4 heteroatoms. The van der Waals surface area contributed by atoms with E-state index >= 15 is 0 Å². The molecular weight excluding hydrogens is 226 g/mol. The number of hydrogen-bond donors (Lipinski definition) is 1. The molecular formula is C14H25N3O. The van der Waals surface area contributed by atoms with Crippen molar-refractivity contribution in [2.24, 2.45) is 5.73 Å². The van der Waals surface area contributed by atoms with Gasteiger partial charge in [0, 0.05) is 19.3 Å². The lowest BCUT2D eigenvalue weighted by Crippen LogP contribution is -2.26. The number of nitrogens with zero attached hydrogens (tertiary/aromatic N) is 2. The van der Waals surface area contributed by atoms with Crippen molar-refractivity contribution in [2.45, 2.75) is 57.0 Å². The standard InChI is InChI=1S/C14H25N3O/c1-18-11-12(15)7-8-13-9-10-17(16-13)14-5-3-2-4-6-14/h9-10,12,14H,2-8,11,15H2,1H3. The van der Waals surface area contributed by atoms with Gasteiger partial charge in [-0.3, -0.25) is 4.68 Å². The molecule has 0 amide bonds. The summed E-state index contributed by atoms with van der Waals surface area (Å²) in [7, 11) is 1.69. The first kappa shape index (κ1) is 13.6. The van der Waals surface area contributed by atoms with Gasteiger partial charge in [-0.05, 0) is 31.7 Å². The third-order valence-corrected chi connectivity index (χ3v) is 3.76. The molecule has 1 atom stereocenters. The van der Waals surface area contributed by atoms with Crippen LogP contribution in [0.5, 0.6) is 0 Å². The summed E-state index contributed by atoms with van der Waals surface area (Å²) in [6.45, 7) is 0.628. The highest BCUT2D eigenvalue weighted by Crippen LogP contribution is 2.27. The van der Waals surface area contributed by atoms with Crippen LogP contribution in [0.3, 0.4) is 0 Å². The van der Waals surface area contributed by atoms with Crippen molar-refractivity contribution >= 4 is 0 Å². The highest BCUT2D eigenvalue weighted by Gasteiger charge is 2.16. The van der Waals surface area contributed by atoms with Crippen molar-refractivity contribution in [2.75, 3.05) is 13.7 Å². The number of aryl methyl sites for hydroxylation is 1. The Hall–Kier alpha value is -0.870. The maximum absolute atomic E-state index is 5.92. The smallest absolute Gasteiger partial charge is 0.0625 e. The van der Waals surface area contributed by atoms with E-state index in [1.165, 1.54) is 32.1 Å². The molecule has 4 nitrogen and oxygen atoms in total. The Balaban J connectivity index is 1.82. The van der Waals surface area contributed by atoms with Crippen LogP contribution in [0, 0.1) is 0 Å². The van der Waals surface area contributed by atoms with E-state index in [4.69, 9.17) is 10.5 Å². The summed E-state index contributed by atoms with van der Waals surface area (Å²) in [6.07, 6.45) is 10.7. The second-order valence-electron chi connectivity index (χ2n) is 5.33. The van der Waals surface area contributed by atoms with Crippen LogP contribution in [0.25, 0.3) is 0 Å². The van der Waals surface area contributed by atoms with Crippen LogP contribution in [-0.4, -0.2) is 29.5 Å². The average molecular weight is 251 g/mol. The fraction of sp³-hybridized carbons (Fsp3) is 0.786. The van der Waals surface area contributed by atoms with Crippen molar-refractivity contribution in [3.05, 3.63) is 18.0 Å². The van der Waals surface area contributed by atoms with Gasteiger partial charge in [0.15, 0.2) is 0 Å². The molecule has 1 aromatic heterocycles. The van der Waals surface area contributed by atoms with Crippen LogP contribution in [0.1, 0.15) is 50.3 Å².